The highest BCUT2D eigenvalue weighted by Gasteiger charge is 2.30. The molecule has 0 N–H and O–H groups in total. The highest BCUT2D eigenvalue weighted by molar-refractivity contribution is 5.81. The third kappa shape index (κ3) is 4.66. The summed E-state index contributed by atoms with van der Waals surface area (Å²) in [5, 5.41) is 1.15. The molecule has 1 atom stereocenters. The van der Waals surface area contributed by atoms with Crippen LogP contribution in [0.15, 0.2) is 42.6 Å². The van der Waals surface area contributed by atoms with Crippen molar-refractivity contribution in [1.82, 2.24) is 24.8 Å². The van der Waals surface area contributed by atoms with Crippen molar-refractivity contribution in [2.45, 2.75) is 38.9 Å². The van der Waals surface area contributed by atoms with Gasteiger partial charge in [-0.3, -0.25) is 14.7 Å². The Labute approximate surface area is 183 Å². The Morgan fingerprint density at radius 3 is 2.71 bits per heavy atom. The number of nitrogens with zero attached hydrogens (tertiary/aromatic N) is 6. The number of anilines is 1. The minimum atomic E-state index is -0.0382. The van der Waals surface area contributed by atoms with Crippen molar-refractivity contribution in [2.75, 3.05) is 32.6 Å². The van der Waals surface area contributed by atoms with E-state index in [4.69, 9.17) is 9.97 Å². The monoisotopic (exact) mass is 418 g/mol. The molecule has 31 heavy (non-hydrogen) atoms. The van der Waals surface area contributed by atoms with E-state index in [0.717, 1.165) is 54.2 Å². The molecule has 7 heteroatoms. The van der Waals surface area contributed by atoms with E-state index in [2.05, 4.69) is 41.2 Å². The second kappa shape index (κ2) is 8.98. The zero-order valence-corrected chi connectivity index (χ0v) is 18.7. The molecule has 7 nitrogen and oxygen atoms in total. The van der Waals surface area contributed by atoms with Gasteiger partial charge in [-0.25, -0.2) is 9.97 Å². The Kier molecular flexibility index (Phi) is 6.13. The van der Waals surface area contributed by atoms with E-state index in [1.807, 2.05) is 42.2 Å². The normalized spacial score (nSPS) is 16.3. The molecule has 1 amide bonds. The Morgan fingerprint density at radius 2 is 1.94 bits per heavy atom. The van der Waals surface area contributed by atoms with Crippen molar-refractivity contribution < 1.29 is 4.79 Å². The summed E-state index contributed by atoms with van der Waals surface area (Å²) in [6.07, 6.45) is 3.74. The third-order valence-corrected chi connectivity index (χ3v) is 5.78. The fourth-order valence-electron chi connectivity index (χ4n) is 4.29. The number of aromatic nitrogens is 3. The molecule has 3 aromatic rings. The molecule has 1 aliphatic heterocycles. The number of carbonyl (C=O) groups excluding carboxylic acids is 1. The summed E-state index contributed by atoms with van der Waals surface area (Å²) in [5.41, 5.74) is 3.19. The number of likely N-dealkylation sites (tertiary alicyclic amines) is 1. The maximum absolute atomic E-state index is 12.1. The van der Waals surface area contributed by atoms with Gasteiger partial charge in [-0.1, -0.05) is 24.3 Å². The Bertz CT molecular complexity index is 1080. The van der Waals surface area contributed by atoms with E-state index in [9.17, 15) is 4.79 Å². The molecule has 1 fully saturated rings. The summed E-state index contributed by atoms with van der Waals surface area (Å²) in [4.78, 5) is 32.4. The van der Waals surface area contributed by atoms with Crippen LogP contribution in [0.25, 0.3) is 10.9 Å². The van der Waals surface area contributed by atoms with Gasteiger partial charge in [0.1, 0.15) is 5.82 Å². The minimum Gasteiger partial charge on any atom is -0.363 e. The highest BCUT2D eigenvalue weighted by Crippen LogP contribution is 2.31. The molecule has 1 unspecified atom stereocenters. The van der Waals surface area contributed by atoms with Gasteiger partial charge in [0.15, 0.2) is 5.82 Å². The van der Waals surface area contributed by atoms with Crippen molar-refractivity contribution in [3.8, 4) is 0 Å². The second-order valence-electron chi connectivity index (χ2n) is 8.51. The first-order valence-corrected chi connectivity index (χ1v) is 10.8. The summed E-state index contributed by atoms with van der Waals surface area (Å²) in [6.45, 7) is 3.86. The predicted octanol–water partition coefficient (Wildman–Crippen LogP) is 3.41. The number of fused-ring (bicyclic) bond motifs is 1. The molecule has 162 valence electrons. The van der Waals surface area contributed by atoms with Gasteiger partial charge in [0.05, 0.1) is 17.3 Å². The first-order chi connectivity index (χ1) is 14.9. The molecule has 0 spiro atoms. The summed E-state index contributed by atoms with van der Waals surface area (Å²) in [6, 6.07) is 12.4. The summed E-state index contributed by atoms with van der Waals surface area (Å²) >= 11 is 0. The van der Waals surface area contributed by atoms with E-state index < -0.39 is 0 Å². The maximum Gasteiger partial charge on any atom is 0.220 e. The van der Waals surface area contributed by atoms with Crippen LogP contribution in [-0.2, 0) is 17.9 Å². The van der Waals surface area contributed by atoms with Crippen LogP contribution < -0.4 is 4.90 Å². The predicted molar refractivity (Wildman–Crippen MR) is 123 cm³/mol. The Hall–Kier alpha value is -3.06. The molecule has 4 rings (SSSR count). The molecular weight excluding hydrogens is 388 g/mol. The fourth-order valence-corrected chi connectivity index (χ4v) is 4.29. The summed E-state index contributed by atoms with van der Waals surface area (Å²) < 4.78 is 0. The largest absolute Gasteiger partial charge is 0.363 e. The lowest BCUT2D eigenvalue weighted by atomic mass is 10.1. The minimum absolute atomic E-state index is 0.0382. The number of hydrogen-bond donors (Lipinski definition) is 0. The lowest BCUT2D eigenvalue weighted by Crippen LogP contribution is -2.30. The van der Waals surface area contributed by atoms with Crippen LogP contribution in [0.1, 0.15) is 42.9 Å². The second-order valence-corrected chi connectivity index (χ2v) is 8.51. The van der Waals surface area contributed by atoms with E-state index in [1.165, 1.54) is 5.56 Å². The number of carbonyl (C=O) groups is 1. The van der Waals surface area contributed by atoms with Gasteiger partial charge in [0.2, 0.25) is 5.91 Å². The van der Waals surface area contributed by atoms with Gasteiger partial charge in [-0.2, -0.15) is 0 Å². The van der Waals surface area contributed by atoms with Gasteiger partial charge in [0, 0.05) is 58.3 Å². The van der Waals surface area contributed by atoms with Crippen LogP contribution in [0.3, 0.4) is 0 Å². The van der Waals surface area contributed by atoms with E-state index >= 15 is 0 Å². The quantitative estimate of drug-likeness (QED) is 0.611. The summed E-state index contributed by atoms with van der Waals surface area (Å²) in [7, 11) is 6.06. The van der Waals surface area contributed by atoms with Gasteiger partial charge >= 0.3 is 0 Å². The first-order valence-electron chi connectivity index (χ1n) is 10.8. The molecule has 0 bridgehead atoms. The van der Waals surface area contributed by atoms with E-state index in [0.29, 0.717) is 6.54 Å². The molecular formula is C24H30N6O. The number of amides is 1. The molecule has 1 saturated heterocycles. The molecule has 0 radical (unpaired) electrons. The topological polar surface area (TPSA) is 65.5 Å². The number of hydrogen-bond acceptors (Lipinski definition) is 6. The average Bonchev–Trinajstić information content (AvgIpc) is 3.24. The number of rotatable bonds is 6. The van der Waals surface area contributed by atoms with E-state index in [-0.39, 0.29) is 11.9 Å². The zero-order chi connectivity index (χ0) is 22.0. The van der Waals surface area contributed by atoms with Gasteiger partial charge < -0.3 is 9.80 Å². The van der Waals surface area contributed by atoms with Crippen molar-refractivity contribution in [3.63, 3.8) is 0 Å². The van der Waals surface area contributed by atoms with Gasteiger partial charge in [-0.05, 0) is 31.5 Å². The van der Waals surface area contributed by atoms with E-state index in [1.54, 1.807) is 6.92 Å². The number of benzene rings is 1. The molecule has 1 aliphatic rings. The van der Waals surface area contributed by atoms with Crippen LogP contribution in [0, 0.1) is 0 Å². The third-order valence-electron chi connectivity index (χ3n) is 5.78. The van der Waals surface area contributed by atoms with Crippen molar-refractivity contribution in [3.05, 3.63) is 59.7 Å². The van der Waals surface area contributed by atoms with Crippen molar-refractivity contribution in [1.29, 1.82) is 0 Å². The standard InChI is InChI=1S/C24H30N6O/c1-17(31)30-13-7-11-21(30)24-26-20(14-22(27-24)28(2)3)16-29(4)15-19-9-5-8-18-10-6-12-25-23(18)19/h5-6,8-10,12,14,21H,7,11,13,15-16H2,1-4H3. The number of pyridine rings is 1. The smallest absolute Gasteiger partial charge is 0.220 e. The molecule has 1 aromatic carbocycles. The fraction of sp³-hybridized carbons (Fsp3) is 0.417. The Balaban J connectivity index is 1.58. The van der Waals surface area contributed by atoms with Crippen molar-refractivity contribution >= 4 is 22.6 Å². The van der Waals surface area contributed by atoms with Crippen LogP contribution >= 0.6 is 0 Å². The van der Waals surface area contributed by atoms with Crippen LogP contribution in [0.2, 0.25) is 0 Å². The first kappa shape index (κ1) is 21.2. The molecule has 3 heterocycles. The summed E-state index contributed by atoms with van der Waals surface area (Å²) in [5.74, 6) is 1.70. The molecule has 0 aliphatic carbocycles. The Morgan fingerprint density at radius 1 is 1.13 bits per heavy atom. The van der Waals surface area contributed by atoms with Crippen LogP contribution in [0.4, 0.5) is 5.82 Å². The average molecular weight is 419 g/mol. The van der Waals surface area contributed by atoms with Crippen LogP contribution in [0.5, 0.6) is 0 Å². The SMILES string of the molecule is CC(=O)N1CCCC1c1nc(CN(C)Cc2cccc3cccnc23)cc(N(C)C)n1. The maximum atomic E-state index is 12.1. The lowest BCUT2D eigenvalue weighted by molar-refractivity contribution is -0.129. The molecule has 2 aromatic heterocycles. The van der Waals surface area contributed by atoms with Crippen molar-refractivity contribution in [2.24, 2.45) is 0 Å². The highest BCUT2D eigenvalue weighted by atomic mass is 16.2. The molecule has 0 saturated carbocycles. The number of para-hydroxylation sites is 1. The van der Waals surface area contributed by atoms with Crippen LogP contribution in [-0.4, -0.2) is 58.3 Å². The lowest BCUT2D eigenvalue weighted by Gasteiger charge is -2.24. The van der Waals surface area contributed by atoms with Gasteiger partial charge in [-0.15, -0.1) is 0 Å². The van der Waals surface area contributed by atoms with Gasteiger partial charge in [0.25, 0.3) is 0 Å². The zero-order valence-electron chi connectivity index (χ0n) is 18.7.